The molecule has 0 unspecified atom stereocenters. The summed E-state index contributed by atoms with van der Waals surface area (Å²) in [5, 5.41) is 28.6. The van der Waals surface area contributed by atoms with Gasteiger partial charge in [0.15, 0.2) is 3.95 Å². The first-order chi connectivity index (χ1) is 11.9. The van der Waals surface area contributed by atoms with E-state index < -0.39 is 24.4 Å². The average molecular weight is 376 g/mol. The van der Waals surface area contributed by atoms with Gasteiger partial charge in [-0.1, -0.05) is 18.2 Å². The van der Waals surface area contributed by atoms with Gasteiger partial charge in [-0.2, -0.15) is 0 Å². The van der Waals surface area contributed by atoms with Crippen molar-refractivity contribution in [2.24, 2.45) is 4.99 Å². The highest BCUT2D eigenvalue weighted by Gasteiger charge is 2.28. The second-order valence-electron chi connectivity index (χ2n) is 5.25. The quantitative estimate of drug-likeness (QED) is 0.690. The molecule has 2 aromatic rings. The van der Waals surface area contributed by atoms with Gasteiger partial charge in [0.1, 0.15) is 6.04 Å². The van der Waals surface area contributed by atoms with E-state index in [1.54, 1.807) is 12.3 Å². The van der Waals surface area contributed by atoms with Crippen LogP contribution in [0.4, 0.5) is 5.69 Å². The molecule has 3 N–H and O–H groups in total. The molecule has 0 aliphatic carbocycles. The molecule has 0 amide bonds. The lowest BCUT2D eigenvalue weighted by molar-refractivity contribution is -0.147. The number of aliphatic carboxylic acids is 2. The van der Waals surface area contributed by atoms with E-state index in [9.17, 15) is 19.8 Å². The van der Waals surface area contributed by atoms with Gasteiger partial charge in [-0.05, 0) is 24.4 Å². The fraction of sp³-hybridized carbons (Fsp3) is 0.125. The molecular weight excluding hydrogens is 364 g/mol. The molecule has 1 atom stereocenters. The SMILES string of the molecule is O=C(O)C[C@@H](C(=O)O)n1c(O)c(/C=C2\C=Nc3ccccc32)sc1=S. The minimum absolute atomic E-state index is 0.0845. The molecule has 2 heterocycles. The van der Waals surface area contributed by atoms with Crippen molar-refractivity contribution in [1.82, 2.24) is 4.57 Å². The zero-order chi connectivity index (χ0) is 18.1. The minimum atomic E-state index is -1.47. The molecule has 0 saturated heterocycles. The standard InChI is InChI=1S/C16H12N2O5S2/c19-13(20)6-11(15(22)23)18-14(21)12(25-16(18)24)5-8-7-17-10-4-2-1-3-9(8)10/h1-5,7,11,21H,6H2,(H,19,20)(H,22,23)/b8-5+/t11-/m0/s1. The lowest BCUT2D eigenvalue weighted by Crippen LogP contribution is -2.22. The lowest BCUT2D eigenvalue weighted by atomic mass is 10.1. The monoisotopic (exact) mass is 376 g/mol. The molecule has 1 aliphatic heterocycles. The Bertz CT molecular complexity index is 987. The number of para-hydroxylation sites is 1. The molecule has 0 bridgehead atoms. The second-order valence-corrected chi connectivity index (χ2v) is 6.93. The molecule has 25 heavy (non-hydrogen) atoms. The predicted octanol–water partition coefficient (Wildman–Crippen LogP) is 3.34. The van der Waals surface area contributed by atoms with Crippen LogP contribution in [0.15, 0.2) is 29.3 Å². The first kappa shape index (κ1) is 17.1. The van der Waals surface area contributed by atoms with Crippen LogP contribution in [-0.2, 0) is 9.59 Å². The van der Waals surface area contributed by atoms with Crippen LogP contribution in [0.1, 0.15) is 22.9 Å². The highest BCUT2D eigenvalue weighted by Crippen LogP contribution is 2.37. The van der Waals surface area contributed by atoms with Crippen molar-refractivity contribution in [3.05, 3.63) is 38.7 Å². The summed E-state index contributed by atoms with van der Waals surface area (Å²) in [6.07, 6.45) is 2.61. The number of allylic oxidation sites excluding steroid dienone is 1. The fourth-order valence-corrected chi connectivity index (χ4v) is 3.87. The topological polar surface area (TPSA) is 112 Å². The maximum absolute atomic E-state index is 11.4. The molecule has 128 valence electrons. The Kier molecular flexibility index (Phi) is 4.51. The van der Waals surface area contributed by atoms with Crippen LogP contribution in [0.25, 0.3) is 11.6 Å². The number of rotatable bonds is 5. The Morgan fingerprint density at radius 1 is 1.32 bits per heavy atom. The molecule has 1 aromatic carbocycles. The number of carboxylic acid groups (broad SMARTS) is 2. The van der Waals surface area contributed by atoms with Crippen LogP contribution < -0.4 is 0 Å². The third kappa shape index (κ3) is 3.24. The van der Waals surface area contributed by atoms with E-state index in [0.717, 1.165) is 32.7 Å². The third-order valence-electron chi connectivity index (χ3n) is 3.65. The number of fused-ring (bicyclic) bond motifs is 1. The first-order valence-corrected chi connectivity index (χ1v) is 8.35. The Morgan fingerprint density at radius 3 is 2.72 bits per heavy atom. The van der Waals surface area contributed by atoms with Gasteiger partial charge < -0.3 is 15.3 Å². The molecule has 9 heteroatoms. The van der Waals surface area contributed by atoms with Gasteiger partial charge in [0, 0.05) is 17.4 Å². The van der Waals surface area contributed by atoms with Crippen molar-refractivity contribution in [2.45, 2.75) is 12.5 Å². The molecule has 1 aliphatic rings. The van der Waals surface area contributed by atoms with E-state index in [1.807, 2.05) is 24.3 Å². The number of aromatic nitrogens is 1. The fourth-order valence-electron chi connectivity index (χ4n) is 2.51. The van der Waals surface area contributed by atoms with Crippen molar-refractivity contribution in [3.8, 4) is 5.88 Å². The Labute approximate surface area is 150 Å². The molecule has 3 rings (SSSR count). The van der Waals surface area contributed by atoms with Gasteiger partial charge in [0.25, 0.3) is 0 Å². The number of nitrogens with zero attached hydrogens (tertiary/aromatic N) is 2. The Hall–Kier alpha value is -2.78. The van der Waals surface area contributed by atoms with Crippen LogP contribution in [-0.4, -0.2) is 38.0 Å². The number of aliphatic imine (C=N–C) groups is 1. The van der Waals surface area contributed by atoms with Crippen molar-refractivity contribution >= 4 is 59.0 Å². The highest BCUT2D eigenvalue weighted by molar-refractivity contribution is 7.73. The van der Waals surface area contributed by atoms with Crippen molar-refractivity contribution < 1.29 is 24.9 Å². The van der Waals surface area contributed by atoms with Crippen LogP contribution in [0.3, 0.4) is 0 Å². The van der Waals surface area contributed by atoms with Crippen LogP contribution >= 0.6 is 23.6 Å². The van der Waals surface area contributed by atoms with Crippen LogP contribution in [0.2, 0.25) is 0 Å². The first-order valence-electron chi connectivity index (χ1n) is 7.12. The molecule has 1 aromatic heterocycles. The smallest absolute Gasteiger partial charge is 0.327 e. The molecular formula is C16H12N2O5S2. The van der Waals surface area contributed by atoms with E-state index in [4.69, 9.17) is 17.3 Å². The van der Waals surface area contributed by atoms with Crippen molar-refractivity contribution in [3.63, 3.8) is 0 Å². The molecule has 0 fully saturated rings. The summed E-state index contributed by atoms with van der Waals surface area (Å²) in [7, 11) is 0. The Morgan fingerprint density at radius 2 is 2.04 bits per heavy atom. The number of carbonyl (C=O) groups is 2. The summed E-state index contributed by atoms with van der Waals surface area (Å²) in [5.74, 6) is -3.04. The zero-order valence-electron chi connectivity index (χ0n) is 12.6. The van der Waals surface area contributed by atoms with E-state index in [0.29, 0.717) is 4.88 Å². The predicted molar refractivity (Wildman–Crippen MR) is 96.2 cm³/mol. The molecule has 0 spiro atoms. The van der Waals surface area contributed by atoms with Gasteiger partial charge in [0.2, 0.25) is 5.88 Å². The summed E-state index contributed by atoms with van der Waals surface area (Å²) >= 11 is 6.14. The van der Waals surface area contributed by atoms with Gasteiger partial charge in [0.05, 0.1) is 17.0 Å². The summed E-state index contributed by atoms with van der Waals surface area (Å²) in [4.78, 5) is 26.9. The number of hydrogen-bond acceptors (Lipinski definition) is 6. The van der Waals surface area contributed by atoms with E-state index >= 15 is 0 Å². The van der Waals surface area contributed by atoms with Gasteiger partial charge in [-0.3, -0.25) is 14.4 Å². The van der Waals surface area contributed by atoms with E-state index in [1.165, 1.54) is 0 Å². The summed E-state index contributed by atoms with van der Waals surface area (Å²) < 4.78 is 1.04. The maximum Gasteiger partial charge on any atom is 0.327 e. The van der Waals surface area contributed by atoms with Crippen LogP contribution in [0, 0.1) is 3.95 Å². The Balaban J connectivity index is 2.05. The second kappa shape index (κ2) is 6.61. The molecule has 0 saturated carbocycles. The van der Waals surface area contributed by atoms with Gasteiger partial charge in [-0.25, -0.2) is 4.79 Å². The summed E-state index contributed by atoms with van der Waals surface area (Å²) in [6, 6.07) is 5.99. The lowest BCUT2D eigenvalue weighted by Gasteiger charge is -2.12. The average Bonchev–Trinajstić information content (AvgIpc) is 3.07. The number of thiazole rings is 1. The summed E-state index contributed by atoms with van der Waals surface area (Å²) in [6.45, 7) is 0. The van der Waals surface area contributed by atoms with Crippen LogP contribution in [0.5, 0.6) is 5.88 Å². The largest absolute Gasteiger partial charge is 0.493 e. The summed E-state index contributed by atoms with van der Waals surface area (Å²) in [5.41, 5.74) is 2.43. The molecule has 7 nitrogen and oxygen atoms in total. The number of aromatic hydroxyl groups is 1. The number of benzene rings is 1. The van der Waals surface area contributed by atoms with Crippen molar-refractivity contribution in [1.29, 1.82) is 0 Å². The normalized spacial score (nSPS) is 15.3. The minimum Gasteiger partial charge on any atom is -0.493 e. The number of hydrogen-bond donors (Lipinski definition) is 3. The van der Waals surface area contributed by atoms with E-state index in [2.05, 4.69) is 4.99 Å². The van der Waals surface area contributed by atoms with Gasteiger partial charge >= 0.3 is 11.9 Å². The van der Waals surface area contributed by atoms with Gasteiger partial charge in [-0.15, -0.1) is 11.3 Å². The highest BCUT2D eigenvalue weighted by atomic mass is 32.1. The maximum atomic E-state index is 11.4. The molecule has 0 radical (unpaired) electrons. The number of carboxylic acids is 2. The van der Waals surface area contributed by atoms with Crippen molar-refractivity contribution in [2.75, 3.05) is 0 Å². The third-order valence-corrected chi connectivity index (χ3v) is 4.99. The van der Waals surface area contributed by atoms with E-state index in [-0.39, 0.29) is 9.83 Å². The zero-order valence-corrected chi connectivity index (χ0v) is 14.3.